The van der Waals surface area contributed by atoms with Crippen molar-refractivity contribution in [1.82, 2.24) is 4.90 Å². The zero-order valence-corrected chi connectivity index (χ0v) is 14.7. The standard InChI is InChI=1S/C21H26FNO2/c1-15-3-2-4-19(20(15)24)21(25)17-10-13-23(14-11-17)12-9-16-5-7-18(22)8-6-16/h2-8,17,21,24-25H,9-14H2,1H3. The van der Waals surface area contributed by atoms with E-state index in [9.17, 15) is 14.6 Å². The van der Waals surface area contributed by atoms with Crippen LogP contribution in [-0.2, 0) is 6.42 Å². The second kappa shape index (κ2) is 7.98. The molecule has 25 heavy (non-hydrogen) atoms. The van der Waals surface area contributed by atoms with E-state index in [2.05, 4.69) is 4.90 Å². The molecule has 4 heteroatoms. The topological polar surface area (TPSA) is 43.7 Å². The first kappa shape index (κ1) is 17.9. The Morgan fingerprint density at radius 1 is 1.12 bits per heavy atom. The lowest BCUT2D eigenvalue weighted by Gasteiger charge is -2.34. The van der Waals surface area contributed by atoms with Gasteiger partial charge in [0, 0.05) is 12.1 Å². The molecule has 0 bridgehead atoms. The zero-order chi connectivity index (χ0) is 17.8. The minimum atomic E-state index is -0.612. The number of benzene rings is 2. The summed E-state index contributed by atoms with van der Waals surface area (Å²) >= 11 is 0. The van der Waals surface area contributed by atoms with Crippen LogP contribution in [0.4, 0.5) is 4.39 Å². The number of aryl methyl sites for hydroxylation is 1. The third kappa shape index (κ3) is 4.39. The Bertz CT molecular complexity index is 694. The van der Waals surface area contributed by atoms with Crippen LogP contribution in [-0.4, -0.2) is 34.7 Å². The fourth-order valence-corrected chi connectivity index (χ4v) is 3.60. The number of likely N-dealkylation sites (tertiary alicyclic amines) is 1. The molecule has 1 aliphatic rings. The largest absolute Gasteiger partial charge is 0.507 e. The van der Waals surface area contributed by atoms with Gasteiger partial charge >= 0.3 is 0 Å². The molecule has 1 saturated heterocycles. The van der Waals surface area contributed by atoms with E-state index < -0.39 is 6.10 Å². The Balaban J connectivity index is 1.51. The van der Waals surface area contributed by atoms with Crippen molar-refractivity contribution in [3.8, 4) is 5.75 Å². The molecule has 2 aromatic carbocycles. The van der Waals surface area contributed by atoms with Crippen LogP contribution in [0.3, 0.4) is 0 Å². The van der Waals surface area contributed by atoms with Gasteiger partial charge in [0.2, 0.25) is 0 Å². The molecular weight excluding hydrogens is 317 g/mol. The number of aliphatic hydroxyl groups is 1. The Hall–Kier alpha value is -1.91. The van der Waals surface area contributed by atoms with Gasteiger partial charge in [0.05, 0.1) is 6.10 Å². The quantitative estimate of drug-likeness (QED) is 0.867. The first-order valence-electron chi connectivity index (χ1n) is 8.98. The Kier molecular flexibility index (Phi) is 5.71. The van der Waals surface area contributed by atoms with Crippen LogP contribution in [0.15, 0.2) is 42.5 Å². The van der Waals surface area contributed by atoms with E-state index in [1.165, 1.54) is 12.1 Å². The van der Waals surface area contributed by atoms with Crippen LogP contribution < -0.4 is 0 Å². The number of phenols is 1. The lowest BCUT2D eigenvalue weighted by molar-refractivity contribution is 0.0575. The summed E-state index contributed by atoms with van der Waals surface area (Å²) in [6.07, 6.45) is 2.13. The lowest BCUT2D eigenvalue weighted by Crippen LogP contribution is -2.36. The van der Waals surface area contributed by atoms with Crippen molar-refractivity contribution in [2.45, 2.75) is 32.3 Å². The first-order valence-corrected chi connectivity index (χ1v) is 8.98. The molecule has 1 atom stereocenters. The average molecular weight is 343 g/mol. The van der Waals surface area contributed by atoms with Gasteiger partial charge in [-0.2, -0.15) is 0 Å². The maximum absolute atomic E-state index is 12.9. The van der Waals surface area contributed by atoms with Crippen LogP contribution in [0, 0.1) is 18.7 Å². The van der Waals surface area contributed by atoms with Crippen molar-refractivity contribution in [3.63, 3.8) is 0 Å². The highest BCUT2D eigenvalue weighted by Crippen LogP contribution is 2.36. The van der Waals surface area contributed by atoms with Gasteiger partial charge in [0.25, 0.3) is 0 Å². The fraction of sp³-hybridized carbons (Fsp3) is 0.429. The number of hydrogen-bond donors (Lipinski definition) is 2. The average Bonchev–Trinajstić information content (AvgIpc) is 2.63. The molecule has 0 aromatic heterocycles. The second-order valence-electron chi connectivity index (χ2n) is 7.01. The molecule has 0 aliphatic carbocycles. The van der Waals surface area contributed by atoms with E-state index in [4.69, 9.17) is 0 Å². The Morgan fingerprint density at radius 3 is 2.48 bits per heavy atom. The van der Waals surface area contributed by atoms with Crippen LogP contribution >= 0.6 is 0 Å². The van der Waals surface area contributed by atoms with E-state index in [1.54, 1.807) is 0 Å². The van der Waals surface area contributed by atoms with Gasteiger partial charge in [-0.25, -0.2) is 4.39 Å². The fourth-order valence-electron chi connectivity index (χ4n) is 3.60. The Morgan fingerprint density at radius 2 is 1.80 bits per heavy atom. The molecule has 3 rings (SSSR count). The molecule has 0 amide bonds. The van der Waals surface area contributed by atoms with Crippen molar-refractivity contribution >= 4 is 0 Å². The SMILES string of the molecule is Cc1cccc(C(O)C2CCN(CCc3ccc(F)cc3)CC2)c1O. The number of para-hydroxylation sites is 1. The highest BCUT2D eigenvalue weighted by molar-refractivity contribution is 5.41. The summed E-state index contributed by atoms with van der Waals surface area (Å²) in [4.78, 5) is 2.39. The van der Waals surface area contributed by atoms with E-state index in [1.807, 2.05) is 37.3 Å². The number of halogens is 1. The van der Waals surface area contributed by atoms with E-state index in [0.29, 0.717) is 5.56 Å². The molecule has 134 valence electrons. The number of hydrogen-bond acceptors (Lipinski definition) is 3. The number of aromatic hydroxyl groups is 1. The molecule has 1 unspecified atom stereocenters. The number of phenolic OH excluding ortho intramolecular Hbond substituents is 1. The molecule has 2 N–H and O–H groups in total. The molecular formula is C21H26FNO2. The summed E-state index contributed by atoms with van der Waals surface area (Å²) in [5.41, 5.74) is 2.59. The summed E-state index contributed by atoms with van der Waals surface area (Å²) in [7, 11) is 0. The van der Waals surface area contributed by atoms with Gasteiger partial charge in [-0.05, 0) is 68.5 Å². The van der Waals surface area contributed by atoms with Crippen LogP contribution in [0.1, 0.15) is 35.6 Å². The van der Waals surface area contributed by atoms with Gasteiger partial charge in [0.15, 0.2) is 0 Å². The molecule has 1 aliphatic heterocycles. The number of rotatable bonds is 5. The minimum absolute atomic E-state index is 0.176. The maximum atomic E-state index is 12.9. The molecule has 3 nitrogen and oxygen atoms in total. The van der Waals surface area contributed by atoms with Gasteiger partial charge in [0.1, 0.15) is 11.6 Å². The molecule has 0 spiro atoms. The van der Waals surface area contributed by atoms with E-state index in [-0.39, 0.29) is 17.5 Å². The summed E-state index contributed by atoms with van der Waals surface area (Å²) in [6.45, 7) is 4.68. The van der Waals surface area contributed by atoms with Gasteiger partial charge in [-0.15, -0.1) is 0 Å². The molecule has 1 fully saturated rings. The monoisotopic (exact) mass is 343 g/mol. The molecule has 1 heterocycles. The van der Waals surface area contributed by atoms with Crippen molar-refractivity contribution in [2.24, 2.45) is 5.92 Å². The number of nitrogens with zero attached hydrogens (tertiary/aromatic N) is 1. The minimum Gasteiger partial charge on any atom is -0.507 e. The highest BCUT2D eigenvalue weighted by Gasteiger charge is 2.27. The van der Waals surface area contributed by atoms with Gasteiger partial charge in [-0.3, -0.25) is 0 Å². The second-order valence-corrected chi connectivity index (χ2v) is 7.01. The third-order valence-electron chi connectivity index (χ3n) is 5.30. The number of aliphatic hydroxyl groups excluding tert-OH is 1. The van der Waals surface area contributed by atoms with E-state index in [0.717, 1.165) is 50.0 Å². The Labute approximate surface area is 148 Å². The van der Waals surface area contributed by atoms with E-state index >= 15 is 0 Å². The van der Waals surface area contributed by atoms with Crippen LogP contribution in [0.2, 0.25) is 0 Å². The summed E-state index contributed by atoms with van der Waals surface area (Å²) < 4.78 is 12.9. The lowest BCUT2D eigenvalue weighted by atomic mass is 9.86. The first-order chi connectivity index (χ1) is 12.0. The van der Waals surface area contributed by atoms with Crippen molar-refractivity contribution in [2.75, 3.05) is 19.6 Å². The predicted molar refractivity (Wildman–Crippen MR) is 97.1 cm³/mol. The molecule has 0 radical (unpaired) electrons. The zero-order valence-electron chi connectivity index (χ0n) is 14.7. The van der Waals surface area contributed by atoms with Crippen molar-refractivity contribution in [1.29, 1.82) is 0 Å². The molecule has 2 aromatic rings. The normalized spacial score (nSPS) is 17.6. The van der Waals surface area contributed by atoms with Gasteiger partial charge in [-0.1, -0.05) is 30.3 Å². The van der Waals surface area contributed by atoms with Gasteiger partial charge < -0.3 is 15.1 Å². The van der Waals surface area contributed by atoms with Crippen LogP contribution in [0.5, 0.6) is 5.75 Å². The smallest absolute Gasteiger partial charge is 0.124 e. The third-order valence-corrected chi connectivity index (χ3v) is 5.30. The predicted octanol–water partition coefficient (Wildman–Crippen LogP) is 3.83. The summed E-state index contributed by atoms with van der Waals surface area (Å²) in [5, 5.41) is 20.8. The van der Waals surface area contributed by atoms with Crippen molar-refractivity contribution < 1.29 is 14.6 Å². The molecule has 0 saturated carbocycles. The summed E-state index contributed by atoms with van der Waals surface area (Å²) in [6, 6.07) is 12.2. The summed E-state index contributed by atoms with van der Waals surface area (Å²) in [5.74, 6) is 0.196. The van der Waals surface area contributed by atoms with Crippen molar-refractivity contribution in [3.05, 3.63) is 65.0 Å². The maximum Gasteiger partial charge on any atom is 0.124 e. The highest BCUT2D eigenvalue weighted by atomic mass is 19.1. The van der Waals surface area contributed by atoms with Crippen LogP contribution in [0.25, 0.3) is 0 Å². The number of piperidine rings is 1.